The number of methoxy groups -OCH3 is 2. The molecule has 2 unspecified atom stereocenters. The molecule has 172 valence electrons. The number of nitroso groups, excluding NO2 is 1. The van der Waals surface area contributed by atoms with Gasteiger partial charge < -0.3 is 24.8 Å². The summed E-state index contributed by atoms with van der Waals surface area (Å²) in [6.07, 6.45) is 1.72. The molecule has 7 heteroatoms. The highest BCUT2D eigenvalue weighted by Crippen LogP contribution is 2.80. The first-order valence-corrected chi connectivity index (χ1v) is 11.3. The maximum Gasteiger partial charge on any atom is 0.154 e. The first kappa shape index (κ1) is 21.6. The molecule has 0 saturated heterocycles. The lowest BCUT2D eigenvalue weighted by atomic mass is 9.49. The Morgan fingerprint density at radius 3 is 2.59 bits per heavy atom. The lowest BCUT2D eigenvalue weighted by Crippen LogP contribution is -2.50. The molecule has 7 nitrogen and oxygen atoms in total. The van der Waals surface area contributed by atoms with Crippen LogP contribution in [0, 0.1) is 22.2 Å². The topological polar surface area (TPSA) is 109 Å². The molecule has 0 amide bonds. The van der Waals surface area contributed by atoms with Gasteiger partial charge in [-0.25, -0.2) is 0 Å². The fourth-order valence-electron chi connectivity index (χ4n) is 7.61. The lowest BCUT2D eigenvalue weighted by molar-refractivity contribution is -0.111. The van der Waals surface area contributed by atoms with Crippen LogP contribution in [-0.2, 0) is 10.2 Å². The summed E-state index contributed by atoms with van der Waals surface area (Å²) in [5.74, 6) is 0.991. The summed E-state index contributed by atoms with van der Waals surface area (Å²) in [5.41, 5.74) is 2.51. The number of hydrogen-bond acceptors (Lipinski definition) is 7. The minimum atomic E-state index is -1.14. The molecule has 2 bridgehead atoms. The van der Waals surface area contributed by atoms with Gasteiger partial charge in [-0.2, -0.15) is 0 Å². The zero-order chi connectivity index (χ0) is 23.0. The van der Waals surface area contributed by atoms with Crippen LogP contribution in [0.5, 0.6) is 5.75 Å². The second-order valence-corrected chi connectivity index (χ2v) is 10.0. The van der Waals surface area contributed by atoms with Crippen molar-refractivity contribution in [1.82, 2.24) is 0 Å². The van der Waals surface area contributed by atoms with Gasteiger partial charge in [-0.05, 0) is 73.7 Å². The van der Waals surface area contributed by atoms with Crippen LogP contribution in [0.25, 0.3) is 0 Å². The van der Waals surface area contributed by atoms with E-state index in [-0.39, 0.29) is 23.9 Å². The normalized spacial score (nSPS) is 39.6. The molecule has 0 radical (unpaired) electrons. The molecule has 5 rings (SSSR count). The zero-order valence-electron chi connectivity index (χ0n) is 19.0. The molecule has 2 spiro atoms. The van der Waals surface area contributed by atoms with Gasteiger partial charge in [-0.1, -0.05) is 17.7 Å². The average molecular weight is 442 g/mol. The Kier molecular flexibility index (Phi) is 4.82. The highest BCUT2D eigenvalue weighted by atomic mass is 16.5. The number of benzene rings is 1. The summed E-state index contributed by atoms with van der Waals surface area (Å²) in [6, 6.07) is 3.51. The number of ether oxygens (including phenoxy) is 2. The molecule has 2 saturated carbocycles. The van der Waals surface area contributed by atoms with Crippen LogP contribution in [0.15, 0.2) is 40.3 Å². The molecule has 7 atom stereocenters. The van der Waals surface area contributed by atoms with Crippen LogP contribution in [0.2, 0.25) is 0 Å². The highest BCUT2D eigenvalue weighted by molar-refractivity contribution is 5.70. The smallest absolute Gasteiger partial charge is 0.154 e. The van der Waals surface area contributed by atoms with Gasteiger partial charge in [0.25, 0.3) is 0 Å². The average Bonchev–Trinajstić information content (AvgIpc) is 2.99. The second-order valence-electron chi connectivity index (χ2n) is 10.0. The van der Waals surface area contributed by atoms with Crippen LogP contribution in [0.4, 0.5) is 5.69 Å². The molecule has 32 heavy (non-hydrogen) atoms. The maximum atomic E-state index is 12.1. The van der Waals surface area contributed by atoms with Crippen molar-refractivity contribution in [3.8, 4) is 5.75 Å². The zero-order valence-corrected chi connectivity index (χ0v) is 19.0. The molecular formula is C25H31NO6. The molecule has 3 N–H and O–H groups in total. The van der Waals surface area contributed by atoms with E-state index in [2.05, 4.69) is 18.2 Å². The fourth-order valence-corrected chi connectivity index (χ4v) is 7.61. The Bertz CT molecular complexity index is 1050. The van der Waals surface area contributed by atoms with Gasteiger partial charge in [0, 0.05) is 16.4 Å². The molecule has 4 aliphatic carbocycles. The second kappa shape index (κ2) is 7.14. The first-order chi connectivity index (χ1) is 15.3. The number of aliphatic hydroxyl groups is 3. The van der Waals surface area contributed by atoms with Gasteiger partial charge in [-0.3, -0.25) is 0 Å². The molecule has 0 heterocycles. The monoisotopic (exact) mass is 441 g/mol. The first-order valence-electron chi connectivity index (χ1n) is 11.3. The standard InChI is InChI=1S/C25H31NO6/c1-5-12(2)8-13-9-25-11-24(10-15(27)21(28)22(32-4)19(24)17(13)25)18-14(23(25)29)6-7-16(31-3)20(18)26-30/h5-7,13,15,17,21,23,27-29H,8-11H2,1-4H3/b12-5+/t13?,15-,17+,21-,23+,24+,25?/m0/s1. The summed E-state index contributed by atoms with van der Waals surface area (Å²) in [7, 11) is 3.00. The molecule has 1 aromatic rings. The summed E-state index contributed by atoms with van der Waals surface area (Å²) in [6.45, 7) is 4.13. The number of nitrogens with zero attached hydrogens (tertiary/aromatic N) is 1. The van der Waals surface area contributed by atoms with Gasteiger partial charge in [0.1, 0.15) is 17.6 Å². The Balaban J connectivity index is 1.82. The van der Waals surface area contributed by atoms with Crippen molar-refractivity contribution < 1.29 is 24.8 Å². The quantitative estimate of drug-likeness (QED) is 0.474. The molecule has 1 aromatic carbocycles. The van der Waals surface area contributed by atoms with Crippen molar-refractivity contribution in [1.29, 1.82) is 0 Å². The van der Waals surface area contributed by atoms with E-state index < -0.39 is 29.1 Å². The predicted molar refractivity (Wildman–Crippen MR) is 118 cm³/mol. The van der Waals surface area contributed by atoms with Crippen molar-refractivity contribution in [2.24, 2.45) is 22.4 Å². The summed E-state index contributed by atoms with van der Waals surface area (Å²) in [5, 5.41) is 36.7. The molecule has 2 fully saturated rings. The van der Waals surface area contributed by atoms with E-state index in [0.29, 0.717) is 29.1 Å². The Morgan fingerprint density at radius 1 is 1.22 bits per heavy atom. The minimum Gasteiger partial charge on any atom is -0.498 e. The fraction of sp³-hybridized carbons (Fsp3) is 0.600. The number of rotatable bonds is 5. The number of aliphatic hydroxyl groups excluding tert-OH is 3. The molecule has 0 aliphatic heterocycles. The molecule has 0 aromatic heterocycles. The van der Waals surface area contributed by atoms with Gasteiger partial charge in [0.15, 0.2) is 5.69 Å². The van der Waals surface area contributed by atoms with Gasteiger partial charge in [0.05, 0.1) is 26.4 Å². The van der Waals surface area contributed by atoms with Gasteiger partial charge in [-0.15, -0.1) is 4.91 Å². The van der Waals surface area contributed by atoms with E-state index in [1.54, 1.807) is 6.07 Å². The third-order valence-electron chi connectivity index (χ3n) is 8.75. The Hall–Kier alpha value is -2.22. The lowest BCUT2D eigenvalue weighted by Gasteiger charge is -2.55. The van der Waals surface area contributed by atoms with Crippen LogP contribution >= 0.6 is 0 Å². The summed E-state index contributed by atoms with van der Waals surface area (Å²) < 4.78 is 11.2. The van der Waals surface area contributed by atoms with E-state index in [0.717, 1.165) is 18.4 Å². The maximum absolute atomic E-state index is 12.1. The minimum absolute atomic E-state index is 0.0117. The molecule has 4 aliphatic rings. The third-order valence-corrected chi connectivity index (χ3v) is 8.75. The summed E-state index contributed by atoms with van der Waals surface area (Å²) in [4.78, 5) is 12.1. The Morgan fingerprint density at radius 2 is 1.97 bits per heavy atom. The SMILES string of the molecule is C/C=C(\C)CC1CC23C[C@]4(C[C@H](O)[C@H](O)C(OC)=C4[C@@H]12)c1c(ccc(OC)c1N=O)[C@H]3O. The number of allylic oxidation sites excluding steroid dienone is 3. The van der Waals surface area contributed by atoms with E-state index in [1.165, 1.54) is 19.8 Å². The van der Waals surface area contributed by atoms with Crippen molar-refractivity contribution in [2.45, 2.75) is 63.3 Å². The predicted octanol–water partition coefficient (Wildman–Crippen LogP) is 3.79. The van der Waals surface area contributed by atoms with Crippen LogP contribution in [0.1, 0.15) is 56.8 Å². The molecular weight excluding hydrogens is 410 g/mol. The number of hydrogen-bond donors (Lipinski definition) is 3. The van der Waals surface area contributed by atoms with Crippen LogP contribution in [-0.4, -0.2) is 41.7 Å². The van der Waals surface area contributed by atoms with Crippen LogP contribution < -0.4 is 4.74 Å². The van der Waals surface area contributed by atoms with Crippen molar-refractivity contribution in [3.63, 3.8) is 0 Å². The van der Waals surface area contributed by atoms with E-state index >= 15 is 0 Å². The van der Waals surface area contributed by atoms with Gasteiger partial charge >= 0.3 is 0 Å². The van der Waals surface area contributed by atoms with E-state index in [1.807, 2.05) is 13.0 Å². The van der Waals surface area contributed by atoms with Crippen LogP contribution in [0.3, 0.4) is 0 Å². The largest absolute Gasteiger partial charge is 0.498 e. The highest BCUT2D eigenvalue weighted by Gasteiger charge is 2.74. The van der Waals surface area contributed by atoms with Crippen molar-refractivity contribution in [3.05, 3.63) is 51.1 Å². The number of fused-ring (bicyclic) bond motifs is 2. The van der Waals surface area contributed by atoms with Gasteiger partial charge in [0.2, 0.25) is 0 Å². The summed E-state index contributed by atoms with van der Waals surface area (Å²) >= 11 is 0. The van der Waals surface area contributed by atoms with Crippen molar-refractivity contribution in [2.75, 3.05) is 14.2 Å². The van der Waals surface area contributed by atoms with Crippen molar-refractivity contribution >= 4 is 5.69 Å². The van der Waals surface area contributed by atoms with E-state index in [9.17, 15) is 20.2 Å². The Labute approximate surface area is 187 Å². The van der Waals surface area contributed by atoms with E-state index in [4.69, 9.17) is 9.47 Å². The third kappa shape index (κ3) is 2.42.